The average molecular weight is 271 g/mol. The number of carbonyl (C=O) groups excluding carboxylic acids is 1. The summed E-state index contributed by atoms with van der Waals surface area (Å²) in [4.78, 5) is 14.3. The van der Waals surface area contributed by atoms with Gasteiger partial charge in [0.25, 0.3) is 0 Å². The number of likely N-dealkylation sites (N-methyl/N-ethyl adjacent to an activating group) is 1. The van der Waals surface area contributed by atoms with Crippen LogP contribution >= 0.6 is 0 Å². The molecule has 0 saturated heterocycles. The van der Waals surface area contributed by atoms with Crippen molar-refractivity contribution in [3.63, 3.8) is 0 Å². The Bertz CT molecular complexity index is 541. The number of rotatable bonds is 5. The summed E-state index contributed by atoms with van der Waals surface area (Å²) in [6, 6.07) is 9.55. The summed E-state index contributed by atoms with van der Waals surface area (Å²) >= 11 is 0. The second kappa shape index (κ2) is 5.64. The molecule has 1 unspecified atom stereocenters. The number of hydrogen-bond acceptors (Lipinski definition) is 3. The van der Waals surface area contributed by atoms with Crippen molar-refractivity contribution in [3.8, 4) is 6.07 Å². The zero-order valence-corrected chi connectivity index (χ0v) is 12.1. The molecule has 1 aliphatic rings. The summed E-state index contributed by atoms with van der Waals surface area (Å²) in [5, 5.41) is 9.12. The molecule has 1 fully saturated rings. The number of nitrogens with zero attached hydrogens (tertiary/aromatic N) is 2. The fourth-order valence-corrected chi connectivity index (χ4v) is 2.50. The van der Waals surface area contributed by atoms with Gasteiger partial charge in [-0.1, -0.05) is 18.2 Å². The van der Waals surface area contributed by atoms with Gasteiger partial charge in [0.1, 0.15) is 0 Å². The van der Waals surface area contributed by atoms with Gasteiger partial charge < -0.3 is 10.6 Å². The Morgan fingerprint density at radius 2 is 2.15 bits per heavy atom. The minimum Gasteiger partial charge on any atom is -0.337 e. The molecule has 2 rings (SSSR count). The first-order valence-electron chi connectivity index (χ1n) is 7.07. The monoisotopic (exact) mass is 271 g/mol. The highest BCUT2D eigenvalue weighted by Crippen LogP contribution is 2.39. The summed E-state index contributed by atoms with van der Waals surface area (Å²) in [7, 11) is 0. The van der Waals surface area contributed by atoms with Gasteiger partial charge in [0.2, 0.25) is 5.91 Å². The van der Waals surface area contributed by atoms with Gasteiger partial charge in [-0.2, -0.15) is 5.26 Å². The molecule has 0 bridgehead atoms. The molecule has 1 aromatic carbocycles. The van der Waals surface area contributed by atoms with Crippen LogP contribution in [0.4, 0.5) is 0 Å². The van der Waals surface area contributed by atoms with E-state index in [9.17, 15) is 4.79 Å². The van der Waals surface area contributed by atoms with E-state index in [0.717, 1.165) is 18.4 Å². The Morgan fingerprint density at radius 1 is 1.50 bits per heavy atom. The molecule has 1 saturated carbocycles. The Labute approximate surface area is 120 Å². The van der Waals surface area contributed by atoms with E-state index in [2.05, 4.69) is 6.07 Å². The molecule has 1 aliphatic carbocycles. The highest BCUT2D eigenvalue weighted by Gasteiger charge is 2.45. The van der Waals surface area contributed by atoms with Crippen molar-refractivity contribution in [3.05, 3.63) is 35.4 Å². The number of nitriles is 1. The molecule has 0 aromatic heterocycles. The molecule has 0 spiro atoms. The fraction of sp³-hybridized carbons (Fsp3) is 0.500. The Morgan fingerprint density at radius 3 is 2.70 bits per heavy atom. The Kier molecular flexibility index (Phi) is 4.10. The zero-order chi connectivity index (χ0) is 14.8. The number of amides is 1. The summed E-state index contributed by atoms with van der Waals surface area (Å²) in [6.07, 6.45) is 2.07. The maximum absolute atomic E-state index is 12.6. The fourth-order valence-electron chi connectivity index (χ4n) is 2.50. The first-order valence-corrected chi connectivity index (χ1v) is 7.07. The van der Waals surface area contributed by atoms with Gasteiger partial charge in [-0.25, -0.2) is 0 Å². The Balaban J connectivity index is 2.17. The van der Waals surface area contributed by atoms with Crippen molar-refractivity contribution in [1.82, 2.24) is 4.90 Å². The van der Waals surface area contributed by atoms with Gasteiger partial charge in [0.15, 0.2) is 0 Å². The molecule has 4 heteroatoms. The van der Waals surface area contributed by atoms with Crippen LogP contribution in [0.5, 0.6) is 0 Å². The highest BCUT2D eigenvalue weighted by molar-refractivity contribution is 5.86. The third-order valence-electron chi connectivity index (χ3n) is 4.05. The zero-order valence-electron chi connectivity index (χ0n) is 12.1. The van der Waals surface area contributed by atoms with Crippen molar-refractivity contribution < 1.29 is 4.79 Å². The largest absolute Gasteiger partial charge is 0.337 e. The summed E-state index contributed by atoms with van der Waals surface area (Å²) in [5.41, 5.74) is 6.92. The summed E-state index contributed by atoms with van der Waals surface area (Å²) < 4.78 is 0. The van der Waals surface area contributed by atoms with Crippen LogP contribution in [0.3, 0.4) is 0 Å². The van der Waals surface area contributed by atoms with Gasteiger partial charge >= 0.3 is 0 Å². The topological polar surface area (TPSA) is 70.1 Å². The molecule has 106 valence electrons. The summed E-state index contributed by atoms with van der Waals surface area (Å²) in [5.74, 6) is 0.283. The second-order valence-electron chi connectivity index (χ2n) is 5.65. The maximum atomic E-state index is 12.6. The van der Waals surface area contributed by atoms with E-state index in [4.69, 9.17) is 11.0 Å². The van der Waals surface area contributed by atoms with E-state index in [1.54, 1.807) is 11.0 Å². The average Bonchev–Trinajstić information content (AvgIpc) is 3.29. The lowest BCUT2D eigenvalue weighted by Gasteiger charge is -2.31. The number of benzene rings is 1. The van der Waals surface area contributed by atoms with Crippen LogP contribution in [-0.2, 0) is 11.3 Å². The van der Waals surface area contributed by atoms with E-state index in [0.29, 0.717) is 24.6 Å². The van der Waals surface area contributed by atoms with Crippen molar-refractivity contribution >= 4 is 5.91 Å². The summed E-state index contributed by atoms with van der Waals surface area (Å²) in [6.45, 7) is 4.80. The van der Waals surface area contributed by atoms with Crippen LogP contribution in [0, 0.1) is 17.2 Å². The smallest absolute Gasteiger partial charge is 0.242 e. The second-order valence-corrected chi connectivity index (χ2v) is 5.65. The predicted molar refractivity (Wildman–Crippen MR) is 77.6 cm³/mol. The molecular formula is C16H21N3O. The van der Waals surface area contributed by atoms with Crippen LogP contribution in [0.1, 0.15) is 37.8 Å². The molecule has 1 atom stereocenters. The minimum atomic E-state index is -0.780. The van der Waals surface area contributed by atoms with Gasteiger partial charge in [-0.3, -0.25) is 4.79 Å². The lowest BCUT2D eigenvalue weighted by molar-refractivity contribution is -0.137. The van der Waals surface area contributed by atoms with Crippen LogP contribution in [0.15, 0.2) is 24.3 Å². The van der Waals surface area contributed by atoms with Gasteiger partial charge in [-0.15, -0.1) is 0 Å². The van der Waals surface area contributed by atoms with Gasteiger partial charge in [0, 0.05) is 13.1 Å². The van der Waals surface area contributed by atoms with E-state index in [1.807, 2.05) is 32.0 Å². The van der Waals surface area contributed by atoms with Crippen molar-refractivity contribution in [2.24, 2.45) is 11.7 Å². The molecule has 1 aromatic rings. The van der Waals surface area contributed by atoms with Crippen LogP contribution in [-0.4, -0.2) is 22.9 Å². The molecular weight excluding hydrogens is 250 g/mol. The third kappa shape index (κ3) is 2.83. The molecule has 0 heterocycles. The molecule has 20 heavy (non-hydrogen) atoms. The van der Waals surface area contributed by atoms with E-state index >= 15 is 0 Å². The van der Waals surface area contributed by atoms with E-state index in [-0.39, 0.29) is 5.91 Å². The lowest BCUT2D eigenvalue weighted by Crippen LogP contribution is -2.54. The first kappa shape index (κ1) is 14.5. The SMILES string of the molecule is CCN(Cc1ccccc1C#N)C(=O)C(C)(N)C1CC1. The third-order valence-corrected chi connectivity index (χ3v) is 4.05. The Hall–Kier alpha value is -1.86. The van der Waals surface area contributed by atoms with Crippen LogP contribution in [0.2, 0.25) is 0 Å². The van der Waals surface area contributed by atoms with E-state index in [1.165, 1.54) is 0 Å². The van der Waals surface area contributed by atoms with Crippen molar-refractivity contribution in [1.29, 1.82) is 5.26 Å². The maximum Gasteiger partial charge on any atom is 0.242 e. The minimum absolute atomic E-state index is 0.0183. The standard InChI is InChI=1S/C16H21N3O/c1-3-19(15(20)16(2,18)14-8-9-14)11-13-7-5-4-6-12(13)10-17/h4-7,14H,3,8-9,11,18H2,1-2H3. The molecule has 0 aliphatic heterocycles. The quantitative estimate of drug-likeness (QED) is 0.890. The number of hydrogen-bond donors (Lipinski definition) is 1. The predicted octanol–water partition coefficient (Wildman–Crippen LogP) is 2.03. The van der Waals surface area contributed by atoms with Gasteiger partial charge in [0.05, 0.1) is 17.2 Å². The molecule has 4 nitrogen and oxygen atoms in total. The van der Waals surface area contributed by atoms with Gasteiger partial charge in [-0.05, 0) is 44.2 Å². The molecule has 0 radical (unpaired) electrons. The highest BCUT2D eigenvalue weighted by atomic mass is 16.2. The molecule has 1 amide bonds. The van der Waals surface area contributed by atoms with Crippen molar-refractivity contribution in [2.45, 2.75) is 38.8 Å². The van der Waals surface area contributed by atoms with E-state index < -0.39 is 5.54 Å². The normalized spacial score (nSPS) is 17.1. The van der Waals surface area contributed by atoms with Crippen LogP contribution in [0.25, 0.3) is 0 Å². The van der Waals surface area contributed by atoms with Crippen molar-refractivity contribution in [2.75, 3.05) is 6.54 Å². The number of carbonyl (C=O) groups is 1. The lowest BCUT2D eigenvalue weighted by atomic mass is 9.95. The molecule has 2 N–H and O–H groups in total. The number of nitrogens with two attached hydrogens (primary N) is 1. The van der Waals surface area contributed by atoms with Crippen LogP contribution < -0.4 is 5.73 Å². The first-order chi connectivity index (χ1) is 9.50.